The minimum atomic E-state index is -3.38. The Morgan fingerprint density at radius 1 is 1.41 bits per heavy atom. The van der Waals surface area contributed by atoms with Crippen molar-refractivity contribution in [1.29, 1.82) is 0 Å². The number of nitrogens with zero attached hydrogens (tertiary/aromatic N) is 1. The second-order valence-electron chi connectivity index (χ2n) is 4.78. The van der Waals surface area contributed by atoms with Crippen molar-refractivity contribution in [2.75, 3.05) is 11.5 Å². The Balaban J connectivity index is 2.37. The third kappa shape index (κ3) is 2.15. The Labute approximate surface area is 99.5 Å². The number of rotatable bonds is 4. The molecule has 0 spiro atoms. The van der Waals surface area contributed by atoms with Crippen molar-refractivity contribution >= 4 is 22.2 Å². The van der Waals surface area contributed by atoms with Gasteiger partial charge in [-0.25, -0.2) is 13.2 Å². The zero-order valence-corrected chi connectivity index (χ0v) is 10.1. The van der Waals surface area contributed by atoms with Crippen LogP contribution in [-0.4, -0.2) is 53.9 Å². The van der Waals surface area contributed by atoms with Crippen LogP contribution in [0, 0.1) is 0 Å². The molecule has 2 fully saturated rings. The summed E-state index contributed by atoms with van der Waals surface area (Å²) in [6, 6.07) is -0.100. The van der Waals surface area contributed by atoms with Gasteiger partial charge in [-0.15, -0.1) is 0 Å². The normalized spacial score (nSPS) is 31.8. The van der Waals surface area contributed by atoms with Gasteiger partial charge >= 0.3 is 5.97 Å². The predicted octanol–water partition coefficient (Wildman–Crippen LogP) is -0.361. The van der Waals surface area contributed by atoms with E-state index in [2.05, 4.69) is 0 Å². The topological polar surface area (TPSA) is 91.8 Å². The molecular formula is C10H15NO5S. The monoisotopic (exact) mass is 261 g/mol. The van der Waals surface area contributed by atoms with Crippen molar-refractivity contribution in [3.05, 3.63) is 0 Å². The average Bonchev–Trinajstić information content (AvgIpc) is 3.01. The van der Waals surface area contributed by atoms with Crippen molar-refractivity contribution in [3.63, 3.8) is 0 Å². The lowest BCUT2D eigenvalue weighted by Crippen LogP contribution is -2.61. The van der Waals surface area contributed by atoms with Gasteiger partial charge in [0.25, 0.3) is 0 Å². The second kappa shape index (κ2) is 3.97. The molecule has 1 saturated heterocycles. The number of sulfone groups is 1. The van der Waals surface area contributed by atoms with Crippen LogP contribution in [0.15, 0.2) is 0 Å². The summed E-state index contributed by atoms with van der Waals surface area (Å²) < 4.78 is 23.3. The maximum Gasteiger partial charge on any atom is 0.330 e. The van der Waals surface area contributed by atoms with E-state index in [1.165, 1.54) is 4.90 Å². The molecule has 0 aromatic rings. The van der Waals surface area contributed by atoms with Gasteiger partial charge in [-0.2, -0.15) is 0 Å². The minimum Gasteiger partial charge on any atom is -0.479 e. The molecule has 1 unspecified atom stereocenters. The number of carboxylic acids is 1. The summed E-state index contributed by atoms with van der Waals surface area (Å²) in [4.78, 5) is 23.7. The largest absolute Gasteiger partial charge is 0.479 e. The number of hydrogen-bond donors (Lipinski definition) is 1. The molecule has 2 aliphatic rings. The van der Waals surface area contributed by atoms with Crippen LogP contribution in [0.4, 0.5) is 0 Å². The van der Waals surface area contributed by atoms with E-state index >= 15 is 0 Å². The summed E-state index contributed by atoms with van der Waals surface area (Å²) in [7, 11) is -3.38. The van der Waals surface area contributed by atoms with E-state index in [0.717, 1.165) is 12.8 Å². The molecule has 1 atom stereocenters. The van der Waals surface area contributed by atoms with Gasteiger partial charge in [0.05, 0.1) is 11.5 Å². The second-order valence-corrected chi connectivity index (χ2v) is 6.96. The zero-order valence-electron chi connectivity index (χ0n) is 9.33. The zero-order chi connectivity index (χ0) is 12.7. The van der Waals surface area contributed by atoms with Gasteiger partial charge in [0.1, 0.15) is 0 Å². The Morgan fingerprint density at radius 3 is 2.47 bits per heavy atom. The summed E-state index contributed by atoms with van der Waals surface area (Å²) in [6.07, 6.45) is 2.52. The molecule has 0 bridgehead atoms. The van der Waals surface area contributed by atoms with Gasteiger partial charge in [0.15, 0.2) is 15.4 Å². The summed E-state index contributed by atoms with van der Waals surface area (Å²) in [5, 5.41) is 9.33. The predicted molar refractivity (Wildman–Crippen MR) is 59.2 cm³/mol. The van der Waals surface area contributed by atoms with Crippen molar-refractivity contribution in [3.8, 4) is 0 Å². The Hall–Kier alpha value is -1.11. The highest BCUT2D eigenvalue weighted by Gasteiger charge is 2.53. The number of amides is 1. The molecule has 96 valence electrons. The molecule has 1 aliphatic carbocycles. The molecule has 2 rings (SSSR count). The number of carbonyl (C=O) groups is 2. The minimum absolute atomic E-state index is 0.0133. The van der Waals surface area contributed by atoms with Crippen molar-refractivity contribution in [2.24, 2.45) is 0 Å². The van der Waals surface area contributed by atoms with Crippen LogP contribution in [0.2, 0.25) is 0 Å². The fraction of sp³-hybridized carbons (Fsp3) is 0.800. The van der Waals surface area contributed by atoms with E-state index in [4.69, 9.17) is 0 Å². The SMILES string of the molecule is O=CN(C1CC1)C1(C(=O)O)CCCS(=O)(=O)C1. The lowest BCUT2D eigenvalue weighted by Gasteiger charge is -2.40. The molecule has 17 heavy (non-hydrogen) atoms. The van der Waals surface area contributed by atoms with Crippen molar-refractivity contribution in [1.82, 2.24) is 4.90 Å². The van der Waals surface area contributed by atoms with Crippen LogP contribution in [0.1, 0.15) is 25.7 Å². The first kappa shape index (κ1) is 12.3. The quantitative estimate of drug-likeness (QED) is 0.698. The number of hydrogen-bond acceptors (Lipinski definition) is 4. The molecule has 1 heterocycles. The molecule has 6 nitrogen and oxygen atoms in total. The van der Waals surface area contributed by atoms with E-state index in [9.17, 15) is 23.1 Å². The van der Waals surface area contributed by atoms with Crippen LogP contribution in [-0.2, 0) is 19.4 Å². The molecule has 0 aromatic carbocycles. The Morgan fingerprint density at radius 2 is 2.06 bits per heavy atom. The first-order valence-electron chi connectivity index (χ1n) is 5.59. The average molecular weight is 261 g/mol. The molecular weight excluding hydrogens is 246 g/mol. The molecule has 1 amide bonds. The standard InChI is InChI=1S/C10H15NO5S/c12-7-11(8-2-3-8)10(9(13)14)4-1-5-17(15,16)6-10/h7-8H,1-6H2,(H,13,14). The van der Waals surface area contributed by atoms with E-state index in [-0.39, 0.29) is 18.2 Å². The van der Waals surface area contributed by atoms with Crippen molar-refractivity contribution in [2.45, 2.75) is 37.3 Å². The van der Waals surface area contributed by atoms with Crippen LogP contribution < -0.4 is 0 Å². The van der Waals surface area contributed by atoms with E-state index < -0.39 is 27.1 Å². The first-order valence-corrected chi connectivity index (χ1v) is 7.41. The van der Waals surface area contributed by atoms with Gasteiger partial charge in [-0.3, -0.25) is 4.79 Å². The maximum atomic E-state index is 11.6. The molecule has 0 radical (unpaired) electrons. The summed E-state index contributed by atoms with van der Waals surface area (Å²) in [6.45, 7) is 0. The lowest BCUT2D eigenvalue weighted by atomic mass is 9.93. The van der Waals surface area contributed by atoms with Gasteiger partial charge in [0, 0.05) is 6.04 Å². The number of aliphatic carboxylic acids is 1. The lowest BCUT2D eigenvalue weighted by molar-refractivity contribution is -0.155. The van der Waals surface area contributed by atoms with E-state index in [1.807, 2.05) is 0 Å². The van der Waals surface area contributed by atoms with Crippen LogP contribution in [0.25, 0.3) is 0 Å². The molecule has 0 aromatic heterocycles. The van der Waals surface area contributed by atoms with E-state index in [1.54, 1.807) is 0 Å². The maximum absolute atomic E-state index is 11.6. The number of carboxylic acid groups (broad SMARTS) is 1. The van der Waals surface area contributed by atoms with Gasteiger partial charge in [0.2, 0.25) is 6.41 Å². The highest BCUT2D eigenvalue weighted by molar-refractivity contribution is 7.91. The summed E-state index contributed by atoms with van der Waals surface area (Å²) in [5.74, 6) is -1.65. The van der Waals surface area contributed by atoms with Crippen molar-refractivity contribution < 1.29 is 23.1 Å². The Bertz CT molecular complexity index is 442. The summed E-state index contributed by atoms with van der Waals surface area (Å²) >= 11 is 0. The third-order valence-corrected chi connectivity index (χ3v) is 5.28. The fourth-order valence-electron chi connectivity index (χ4n) is 2.46. The van der Waals surface area contributed by atoms with Crippen LogP contribution in [0.3, 0.4) is 0 Å². The smallest absolute Gasteiger partial charge is 0.330 e. The first-order chi connectivity index (χ1) is 7.91. The Kier molecular flexibility index (Phi) is 2.89. The van der Waals surface area contributed by atoms with Gasteiger partial charge < -0.3 is 10.0 Å². The highest BCUT2D eigenvalue weighted by atomic mass is 32.2. The summed E-state index contributed by atoms with van der Waals surface area (Å²) in [5.41, 5.74) is -1.54. The van der Waals surface area contributed by atoms with E-state index in [0.29, 0.717) is 12.8 Å². The third-order valence-electron chi connectivity index (χ3n) is 3.45. The van der Waals surface area contributed by atoms with Gasteiger partial charge in [-0.05, 0) is 25.7 Å². The van der Waals surface area contributed by atoms with Crippen LogP contribution >= 0.6 is 0 Å². The highest BCUT2D eigenvalue weighted by Crippen LogP contribution is 2.37. The van der Waals surface area contributed by atoms with Gasteiger partial charge in [-0.1, -0.05) is 0 Å². The molecule has 7 heteroatoms. The molecule has 1 aliphatic heterocycles. The molecule has 1 N–H and O–H groups in total. The number of carbonyl (C=O) groups excluding carboxylic acids is 1. The molecule has 1 saturated carbocycles. The van der Waals surface area contributed by atoms with Crippen LogP contribution in [0.5, 0.6) is 0 Å². The fourth-order valence-corrected chi connectivity index (χ4v) is 4.34.